The maximum absolute atomic E-state index is 12.6. The van der Waals surface area contributed by atoms with E-state index in [1.54, 1.807) is 10.4 Å². The normalized spacial score (nSPS) is 20.6. The molecule has 0 N–H and O–H groups in total. The molecule has 0 amide bonds. The minimum Gasteiger partial charge on any atom is -0.207 e. The second kappa shape index (κ2) is 5.35. The summed E-state index contributed by atoms with van der Waals surface area (Å²) in [5, 5.41) is 0. The van der Waals surface area contributed by atoms with Crippen LogP contribution in [0.5, 0.6) is 0 Å². The number of sulfonamides is 1. The molecule has 0 saturated carbocycles. The molecule has 108 valence electrons. The average Bonchev–Trinajstić information content (AvgIpc) is 2.70. The number of hydrogen-bond donors (Lipinski definition) is 0. The Hall–Kier alpha value is -0.100. The molecule has 0 bridgehead atoms. The van der Waals surface area contributed by atoms with Crippen molar-refractivity contribution in [1.82, 2.24) is 4.31 Å². The van der Waals surface area contributed by atoms with Crippen LogP contribution in [0.25, 0.3) is 0 Å². The molecule has 1 aromatic rings. The number of hydrogen-bond acceptors (Lipinski definition) is 3. The van der Waals surface area contributed by atoms with E-state index in [1.165, 1.54) is 11.3 Å². The summed E-state index contributed by atoms with van der Waals surface area (Å²) in [6.45, 7) is 7.46. The molecule has 1 aliphatic rings. The van der Waals surface area contributed by atoms with Gasteiger partial charge in [-0.1, -0.05) is 13.8 Å². The summed E-state index contributed by atoms with van der Waals surface area (Å²) in [4.78, 5) is 2.18. The second-order valence-corrected chi connectivity index (χ2v) is 9.35. The SMILES string of the molecule is Cc1sc(CCl)cc1S(=O)(=O)N1CCC(C)(C)CC1. The van der Waals surface area contributed by atoms with Crippen LogP contribution >= 0.6 is 22.9 Å². The first-order valence-electron chi connectivity index (χ1n) is 6.42. The number of alkyl halides is 1. The van der Waals surface area contributed by atoms with Crippen LogP contribution in [-0.2, 0) is 15.9 Å². The molecule has 1 fully saturated rings. The van der Waals surface area contributed by atoms with Crippen LogP contribution in [0, 0.1) is 12.3 Å². The van der Waals surface area contributed by atoms with E-state index < -0.39 is 10.0 Å². The van der Waals surface area contributed by atoms with Crippen molar-refractivity contribution in [3.8, 4) is 0 Å². The predicted molar refractivity (Wildman–Crippen MR) is 80.4 cm³/mol. The monoisotopic (exact) mass is 321 g/mol. The van der Waals surface area contributed by atoms with Gasteiger partial charge < -0.3 is 0 Å². The largest absolute Gasteiger partial charge is 0.244 e. The van der Waals surface area contributed by atoms with Crippen molar-refractivity contribution in [2.24, 2.45) is 5.41 Å². The van der Waals surface area contributed by atoms with Gasteiger partial charge in [-0.05, 0) is 31.2 Å². The maximum Gasteiger partial charge on any atom is 0.244 e. The van der Waals surface area contributed by atoms with Gasteiger partial charge >= 0.3 is 0 Å². The van der Waals surface area contributed by atoms with E-state index in [0.717, 1.165) is 22.6 Å². The smallest absolute Gasteiger partial charge is 0.207 e. The molecular formula is C13H20ClNO2S2. The molecule has 1 aliphatic heterocycles. The minimum absolute atomic E-state index is 0.247. The molecule has 0 atom stereocenters. The molecule has 6 heteroatoms. The Morgan fingerprint density at radius 1 is 1.37 bits per heavy atom. The average molecular weight is 322 g/mol. The van der Waals surface area contributed by atoms with E-state index in [0.29, 0.717) is 23.9 Å². The lowest BCUT2D eigenvalue weighted by Gasteiger charge is -2.36. The van der Waals surface area contributed by atoms with Crippen molar-refractivity contribution in [2.75, 3.05) is 13.1 Å². The van der Waals surface area contributed by atoms with Crippen LogP contribution in [0.2, 0.25) is 0 Å². The van der Waals surface area contributed by atoms with E-state index in [1.807, 2.05) is 6.92 Å². The molecule has 19 heavy (non-hydrogen) atoms. The molecule has 0 radical (unpaired) electrons. The van der Waals surface area contributed by atoms with Crippen LogP contribution in [0.4, 0.5) is 0 Å². The van der Waals surface area contributed by atoms with Gasteiger partial charge in [-0.3, -0.25) is 0 Å². The Labute approximate surface area is 124 Å². The highest BCUT2D eigenvalue weighted by molar-refractivity contribution is 7.89. The molecule has 0 spiro atoms. The van der Waals surface area contributed by atoms with Crippen LogP contribution < -0.4 is 0 Å². The number of aryl methyl sites for hydroxylation is 1. The number of halogens is 1. The third-order valence-corrected chi connectivity index (χ3v) is 7.40. The zero-order chi connectivity index (χ0) is 14.3. The fourth-order valence-corrected chi connectivity index (χ4v) is 5.45. The molecule has 2 rings (SSSR count). The summed E-state index contributed by atoms with van der Waals surface area (Å²) >= 11 is 7.25. The number of rotatable bonds is 3. The first kappa shape index (κ1) is 15.3. The predicted octanol–water partition coefficient (Wildman–Crippen LogP) is 3.61. The summed E-state index contributed by atoms with van der Waals surface area (Å²) in [5.41, 5.74) is 0.247. The van der Waals surface area contributed by atoms with Crippen LogP contribution in [0.15, 0.2) is 11.0 Å². The van der Waals surface area contributed by atoms with E-state index in [2.05, 4.69) is 13.8 Å². The van der Waals surface area contributed by atoms with Gasteiger partial charge in [-0.25, -0.2) is 8.42 Å². The highest BCUT2D eigenvalue weighted by Crippen LogP contribution is 2.34. The van der Waals surface area contributed by atoms with E-state index in [-0.39, 0.29) is 5.41 Å². The van der Waals surface area contributed by atoms with Crippen molar-refractivity contribution in [1.29, 1.82) is 0 Å². The van der Waals surface area contributed by atoms with E-state index >= 15 is 0 Å². The van der Waals surface area contributed by atoms with Gasteiger partial charge in [-0.2, -0.15) is 4.31 Å². The molecule has 1 aromatic heterocycles. The molecule has 2 heterocycles. The second-order valence-electron chi connectivity index (χ2n) is 5.84. The lowest BCUT2D eigenvalue weighted by Crippen LogP contribution is -2.41. The van der Waals surface area contributed by atoms with E-state index in [9.17, 15) is 8.42 Å². The van der Waals surface area contributed by atoms with Crippen molar-refractivity contribution in [3.05, 3.63) is 15.8 Å². The topological polar surface area (TPSA) is 37.4 Å². The Bertz CT molecular complexity index is 553. The van der Waals surface area contributed by atoms with Gasteiger partial charge in [0.2, 0.25) is 10.0 Å². The highest BCUT2D eigenvalue weighted by atomic mass is 35.5. The van der Waals surface area contributed by atoms with Gasteiger partial charge in [-0.15, -0.1) is 22.9 Å². The van der Waals surface area contributed by atoms with Gasteiger partial charge in [0.25, 0.3) is 0 Å². The first-order chi connectivity index (χ1) is 8.76. The zero-order valence-electron chi connectivity index (χ0n) is 11.6. The van der Waals surface area contributed by atoms with Crippen LogP contribution in [-0.4, -0.2) is 25.8 Å². The summed E-state index contributed by atoms with van der Waals surface area (Å²) < 4.78 is 26.9. The summed E-state index contributed by atoms with van der Waals surface area (Å²) in [7, 11) is -3.35. The minimum atomic E-state index is -3.35. The number of nitrogens with zero attached hydrogens (tertiary/aromatic N) is 1. The fourth-order valence-electron chi connectivity index (χ4n) is 2.32. The lowest BCUT2D eigenvalue weighted by atomic mass is 9.83. The van der Waals surface area contributed by atoms with Gasteiger partial charge in [0, 0.05) is 22.8 Å². The van der Waals surface area contributed by atoms with Crippen molar-refractivity contribution in [2.45, 2.75) is 44.4 Å². The van der Waals surface area contributed by atoms with Crippen LogP contribution in [0.3, 0.4) is 0 Å². The Balaban J connectivity index is 2.25. The van der Waals surface area contributed by atoms with Gasteiger partial charge in [0.1, 0.15) is 0 Å². The standard InChI is InChI=1S/C13H20ClNO2S2/c1-10-12(8-11(9-14)18-10)19(16,17)15-6-4-13(2,3)5-7-15/h8H,4-7,9H2,1-3H3. The molecular weight excluding hydrogens is 302 g/mol. The summed E-state index contributed by atoms with van der Waals surface area (Å²) in [5.74, 6) is 0.369. The zero-order valence-corrected chi connectivity index (χ0v) is 14.0. The Morgan fingerprint density at radius 2 is 1.95 bits per heavy atom. The van der Waals surface area contributed by atoms with Crippen molar-refractivity contribution in [3.63, 3.8) is 0 Å². The first-order valence-corrected chi connectivity index (χ1v) is 9.21. The third-order valence-electron chi connectivity index (χ3n) is 3.75. The third kappa shape index (κ3) is 3.15. The van der Waals surface area contributed by atoms with Crippen LogP contribution in [0.1, 0.15) is 36.4 Å². The summed E-state index contributed by atoms with van der Waals surface area (Å²) in [6.07, 6.45) is 1.83. The van der Waals surface area contributed by atoms with Crippen molar-refractivity contribution >= 4 is 33.0 Å². The van der Waals surface area contributed by atoms with E-state index in [4.69, 9.17) is 11.6 Å². The molecule has 3 nitrogen and oxygen atoms in total. The molecule has 0 aromatic carbocycles. The molecule has 1 saturated heterocycles. The van der Waals surface area contributed by atoms with Crippen molar-refractivity contribution < 1.29 is 8.42 Å². The lowest BCUT2D eigenvalue weighted by molar-refractivity contribution is 0.196. The molecule has 0 unspecified atom stereocenters. The maximum atomic E-state index is 12.6. The fraction of sp³-hybridized carbons (Fsp3) is 0.692. The summed E-state index contributed by atoms with van der Waals surface area (Å²) in [6, 6.07) is 1.72. The van der Waals surface area contributed by atoms with Gasteiger partial charge in [0.05, 0.1) is 10.8 Å². The Kier molecular flexibility index (Phi) is 4.31. The highest BCUT2D eigenvalue weighted by Gasteiger charge is 2.34. The van der Waals surface area contributed by atoms with Gasteiger partial charge in [0.15, 0.2) is 0 Å². The molecule has 0 aliphatic carbocycles. The number of thiophene rings is 1. The number of piperidine rings is 1. The Morgan fingerprint density at radius 3 is 2.42 bits per heavy atom. The quantitative estimate of drug-likeness (QED) is 0.798.